The normalized spacial score (nSPS) is 14.4. The predicted molar refractivity (Wildman–Crippen MR) is 122 cm³/mol. The Bertz CT molecular complexity index is 1040. The molecule has 0 unspecified atom stereocenters. The molecule has 31 heavy (non-hydrogen) atoms. The van der Waals surface area contributed by atoms with E-state index in [4.69, 9.17) is 4.74 Å². The van der Waals surface area contributed by atoms with E-state index < -0.39 is 11.6 Å². The zero-order valence-corrected chi connectivity index (χ0v) is 18.8. The summed E-state index contributed by atoms with van der Waals surface area (Å²) in [4.78, 5) is 21.5. The zero-order chi connectivity index (χ0) is 21.1. The number of aromatic nitrogens is 1. The first-order valence-electron chi connectivity index (χ1n) is 9.95. The van der Waals surface area contributed by atoms with Crippen molar-refractivity contribution in [2.24, 2.45) is 0 Å². The van der Waals surface area contributed by atoms with Crippen molar-refractivity contribution in [2.75, 3.05) is 44.3 Å². The molecule has 1 aliphatic heterocycles. The number of anilines is 1. The highest BCUT2D eigenvalue weighted by Crippen LogP contribution is 2.32. The van der Waals surface area contributed by atoms with Gasteiger partial charge in [0.05, 0.1) is 17.9 Å². The van der Waals surface area contributed by atoms with Crippen LogP contribution in [0, 0.1) is 18.6 Å². The lowest BCUT2D eigenvalue weighted by atomic mass is 10.1. The molecule has 1 amide bonds. The third-order valence-corrected chi connectivity index (χ3v) is 6.16. The van der Waals surface area contributed by atoms with Crippen LogP contribution in [0.4, 0.5) is 13.9 Å². The molecule has 2 aromatic carbocycles. The second-order valence-electron chi connectivity index (χ2n) is 7.36. The highest BCUT2D eigenvalue weighted by atomic mass is 35.5. The summed E-state index contributed by atoms with van der Waals surface area (Å²) in [7, 11) is 0. The summed E-state index contributed by atoms with van der Waals surface area (Å²) < 4.78 is 33.6. The summed E-state index contributed by atoms with van der Waals surface area (Å²) in [5, 5.41) is 0.377. The van der Waals surface area contributed by atoms with Crippen LogP contribution in [0.1, 0.15) is 22.3 Å². The topological polar surface area (TPSA) is 45.7 Å². The Balaban J connectivity index is 0.00000272. The van der Waals surface area contributed by atoms with Crippen molar-refractivity contribution >= 4 is 45.0 Å². The lowest BCUT2D eigenvalue weighted by molar-refractivity contribution is 0.0376. The molecular formula is C22H24ClF2N3O2S. The van der Waals surface area contributed by atoms with Gasteiger partial charge in [0, 0.05) is 37.8 Å². The number of hydrogen-bond acceptors (Lipinski definition) is 5. The van der Waals surface area contributed by atoms with E-state index in [9.17, 15) is 13.6 Å². The second-order valence-corrected chi connectivity index (χ2v) is 8.37. The number of rotatable bonds is 6. The highest BCUT2D eigenvalue weighted by Gasteiger charge is 2.23. The molecule has 0 atom stereocenters. The average molecular weight is 468 g/mol. The van der Waals surface area contributed by atoms with Gasteiger partial charge in [0.2, 0.25) is 0 Å². The lowest BCUT2D eigenvalue weighted by Crippen LogP contribution is -2.39. The number of fused-ring (bicyclic) bond motifs is 1. The van der Waals surface area contributed by atoms with E-state index in [-0.39, 0.29) is 23.8 Å². The van der Waals surface area contributed by atoms with Gasteiger partial charge in [-0.05, 0) is 31.5 Å². The molecule has 0 N–H and O–H groups in total. The van der Waals surface area contributed by atoms with Crippen LogP contribution in [-0.4, -0.2) is 55.2 Å². The smallest absolute Gasteiger partial charge is 0.260 e. The molecule has 1 fully saturated rings. The Morgan fingerprint density at radius 2 is 1.90 bits per heavy atom. The summed E-state index contributed by atoms with van der Waals surface area (Å²) in [5.74, 6) is -1.57. The van der Waals surface area contributed by atoms with E-state index in [0.29, 0.717) is 35.2 Å². The van der Waals surface area contributed by atoms with Crippen LogP contribution in [-0.2, 0) is 4.74 Å². The van der Waals surface area contributed by atoms with Crippen molar-refractivity contribution in [3.8, 4) is 0 Å². The first-order chi connectivity index (χ1) is 14.5. The monoisotopic (exact) mass is 467 g/mol. The minimum absolute atomic E-state index is 0. The van der Waals surface area contributed by atoms with Gasteiger partial charge < -0.3 is 4.74 Å². The maximum Gasteiger partial charge on any atom is 0.260 e. The van der Waals surface area contributed by atoms with Crippen LogP contribution in [0.5, 0.6) is 0 Å². The number of morpholine rings is 1. The van der Waals surface area contributed by atoms with Crippen molar-refractivity contribution in [3.05, 3.63) is 59.2 Å². The molecule has 3 aromatic rings. The molecule has 0 bridgehead atoms. The van der Waals surface area contributed by atoms with Crippen LogP contribution in [0.3, 0.4) is 0 Å². The predicted octanol–water partition coefficient (Wildman–Crippen LogP) is 4.67. The van der Waals surface area contributed by atoms with Gasteiger partial charge in [-0.2, -0.15) is 0 Å². The standard InChI is InChI=1S/C22H23F2N3O2S.ClH/c1-15-3-5-16(6-4-15)21(28)27(8-2-7-26-9-11-29-12-10-26)22-25-20-18(24)13-17(23)14-19(20)30-22;/h3-6,13-14H,2,7-12H2,1H3;1H. The fraction of sp³-hybridized carbons (Fsp3) is 0.364. The molecule has 5 nitrogen and oxygen atoms in total. The van der Waals surface area contributed by atoms with Gasteiger partial charge >= 0.3 is 0 Å². The first-order valence-corrected chi connectivity index (χ1v) is 10.8. The van der Waals surface area contributed by atoms with Gasteiger partial charge in [-0.15, -0.1) is 12.4 Å². The summed E-state index contributed by atoms with van der Waals surface area (Å²) in [6, 6.07) is 9.39. The number of ether oxygens (including phenoxy) is 1. The average Bonchev–Trinajstić information content (AvgIpc) is 3.16. The Morgan fingerprint density at radius 1 is 1.19 bits per heavy atom. The first kappa shape index (κ1) is 23.5. The maximum absolute atomic E-state index is 14.2. The number of amides is 1. The van der Waals surface area contributed by atoms with E-state index in [0.717, 1.165) is 49.0 Å². The number of aryl methyl sites for hydroxylation is 1. The summed E-state index contributed by atoms with van der Waals surface area (Å²) in [5.41, 5.74) is 1.69. The van der Waals surface area contributed by atoms with Gasteiger partial charge in [0.25, 0.3) is 5.91 Å². The molecule has 1 aliphatic rings. The fourth-order valence-corrected chi connectivity index (χ4v) is 4.50. The van der Waals surface area contributed by atoms with Crippen molar-refractivity contribution in [1.82, 2.24) is 9.88 Å². The van der Waals surface area contributed by atoms with E-state index in [1.54, 1.807) is 17.0 Å². The van der Waals surface area contributed by atoms with Crippen molar-refractivity contribution in [3.63, 3.8) is 0 Å². The van der Waals surface area contributed by atoms with E-state index in [2.05, 4.69) is 9.88 Å². The number of hydrogen-bond donors (Lipinski definition) is 0. The Morgan fingerprint density at radius 3 is 2.61 bits per heavy atom. The van der Waals surface area contributed by atoms with Crippen LogP contribution >= 0.6 is 23.7 Å². The Kier molecular flexibility index (Phi) is 7.94. The largest absolute Gasteiger partial charge is 0.379 e. The number of benzene rings is 2. The van der Waals surface area contributed by atoms with E-state index in [1.807, 2.05) is 19.1 Å². The van der Waals surface area contributed by atoms with Crippen molar-refractivity contribution in [2.45, 2.75) is 13.3 Å². The van der Waals surface area contributed by atoms with Gasteiger partial charge in [-0.3, -0.25) is 14.6 Å². The van der Waals surface area contributed by atoms with E-state index >= 15 is 0 Å². The lowest BCUT2D eigenvalue weighted by Gasteiger charge is -2.27. The SMILES string of the molecule is Cc1ccc(C(=O)N(CCCN2CCOCC2)c2nc3c(F)cc(F)cc3s2)cc1.Cl. The fourth-order valence-electron chi connectivity index (χ4n) is 3.47. The molecule has 9 heteroatoms. The Labute approximate surface area is 190 Å². The van der Waals surface area contributed by atoms with Crippen LogP contribution < -0.4 is 4.90 Å². The third kappa shape index (κ3) is 5.57. The minimum Gasteiger partial charge on any atom is -0.379 e. The van der Waals surface area contributed by atoms with Gasteiger partial charge in [0.1, 0.15) is 11.3 Å². The number of thiazole rings is 1. The zero-order valence-electron chi connectivity index (χ0n) is 17.1. The van der Waals surface area contributed by atoms with Crippen LogP contribution in [0.25, 0.3) is 10.2 Å². The molecule has 1 saturated heterocycles. The molecular weight excluding hydrogens is 444 g/mol. The number of carbonyl (C=O) groups is 1. The molecule has 0 aliphatic carbocycles. The number of nitrogens with zero attached hydrogens (tertiary/aromatic N) is 3. The van der Waals surface area contributed by atoms with Crippen molar-refractivity contribution < 1.29 is 18.3 Å². The minimum atomic E-state index is -0.719. The molecule has 2 heterocycles. The Hall–Kier alpha value is -2.13. The maximum atomic E-state index is 14.2. The van der Waals surface area contributed by atoms with Crippen LogP contribution in [0.2, 0.25) is 0 Å². The van der Waals surface area contributed by atoms with E-state index in [1.165, 1.54) is 6.07 Å². The molecule has 4 rings (SSSR count). The number of halogens is 3. The summed E-state index contributed by atoms with van der Waals surface area (Å²) in [6.07, 6.45) is 0.740. The molecule has 0 spiro atoms. The molecule has 166 valence electrons. The summed E-state index contributed by atoms with van der Waals surface area (Å²) in [6.45, 7) is 6.40. The van der Waals surface area contributed by atoms with Gasteiger partial charge in [0.15, 0.2) is 10.9 Å². The van der Waals surface area contributed by atoms with Gasteiger partial charge in [-0.25, -0.2) is 13.8 Å². The molecule has 1 aromatic heterocycles. The second kappa shape index (κ2) is 10.5. The van der Waals surface area contributed by atoms with Gasteiger partial charge in [-0.1, -0.05) is 29.0 Å². The quantitative estimate of drug-likeness (QED) is 0.528. The third-order valence-electron chi connectivity index (χ3n) is 5.14. The van der Waals surface area contributed by atoms with Crippen LogP contribution in [0.15, 0.2) is 36.4 Å². The highest BCUT2D eigenvalue weighted by molar-refractivity contribution is 7.22. The molecule has 0 saturated carbocycles. The summed E-state index contributed by atoms with van der Waals surface area (Å²) >= 11 is 1.13. The van der Waals surface area contributed by atoms with Crippen molar-refractivity contribution in [1.29, 1.82) is 0 Å². The number of carbonyl (C=O) groups excluding carboxylic acids is 1. The molecule has 0 radical (unpaired) electrons.